The van der Waals surface area contributed by atoms with Crippen molar-refractivity contribution in [3.8, 4) is 46.0 Å². The number of hydrogen-bond donors (Lipinski definition) is 10. The monoisotopic (exact) mass is 1950 g/mol. The standard InChI is InChI=1S/C25H21NO4S.C25H21NO3S.C21H19NO5S.C18H19NO5S.C18H21NO4S/c1-16-6-11-24(23(28)12-16)31(29,30)26-15-20-14-21(27)9-10-22(20)25(26)19-8-7-17-4-2-3-5-18(17)13-19;1-17-10-13-24(23(27)14-17)30(28,29)26-16-21-8-4-5-9-22(21)25(26)20-12-11-18-6-2-3-7-19(18)15-20;1-13-6-7-20(19(25)8-13)28(26,27)22-12-14-4-2-3-5-18(14)21(22)15-9-16(23)11-17(24)10-15;1-12-6-8-17(16(20)10-12)25(23,24)19-11-13-4-2-3-5-14(13)15(19)7-9-18(21)22;1-13-8-9-18(17(21)11-13)24(22,23)19-12-14-5-2-3-6-15(14)16(19)7-4-10-20/h2-14,25,27-28H,15H2,1H3;2-15,25,27H,16H2,1H3;2-11,21,23-25H,12H2,1H3;2-6,8,10,15,20H,7,9,11H2,1H3,(H,21,22);2-3,5-6,8-9,11,16,20-21H,4,7,10,12H2,1H3. The third kappa shape index (κ3) is 19.8. The molecule has 0 radical (unpaired) electrons. The minimum Gasteiger partial charge on any atom is -0.508 e. The SMILES string of the molecule is Cc1ccc(S(=O)(=O)N2Cc3cc(O)ccc3C2c2ccc3ccccc3c2)c(O)c1.Cc1ccc(S(=O)(=O)N2Cc3ccccc3C2CCC(=O)O)c(O)c1.Cc1ccc(S(=O)(=O)N2Cc3ccccc3C2CCCO)c(O)c1.Cc1ccc(S(=O)(=O)N2Cc3ccccc3C2c2cc(O)cc(O)c2)c(O)c1.Cc1ccc(S(=O)(=O)N2Cc3ccccc3C2c2ccc3ccccc3c2)c(O)c1. The van der Waals surface area contributed by atoms with Gasteiger partial charge in [0.15, 0.2) is 0 Å². The van der Waals surface area contributed by atoms with E-state index in [1.54, 1.807) is 76.2 Å². The Morgan fingerprint density at radius 3 is 0.913 bits per heavy atom. The summed E-state index contributed by atoms with van der Waals surface area (Å²) in [7, 11) is -19.8. The van der Waals surface area contributed by atoms with Crippen LogP contribution in [-0.4, -0.2) is 127 Å². The summed E-state index contributed by atoms with van der Waals surface area (Å²) in [6, 6.07) is 87.1. The number of phenols is 8. The molecule has 20 rings (SSSR count). The Morgan fingerprint density at radius 2 is 0.565 bits per heavy atom. The second-order valence-corrected chi connectivity index (χ2v) is 44.1. The second-order valence-electron chi connectivity index (χ2n) is 34.8. The lowest BCUT2D eigenvalue weighted by molar-refractivity contribution is -0.137. The molecule has 0 saturated carbocycles. The van der Waals surface area contributed by atoms with Gasteiger partial charge in [-0.05, 0) is 273 Å². The molecular formula is C107H101N5O21S5. The average Bonchev–Trinajstić information content (AvgIpc) is 1.58. The quantitative estimate of drug-likeness (QED) is 0.0359. The second kappa shape index (κ2) is 39.7. The topological polar surface area (TPSA) is 406 Å². The normalized spacial score (nSPS) is 17.0. The molecule has 26 nitrogen and oxygen atoms in total. The number of aliphatic carboxylic acids is 1. The maximum Gasteiger partial charge on any atom is 0.303 e. The molecule has 5 heterocycles. The van der Waals surface area contributed by atoms with Crippen LogP contribution in [0.4, 0.5) is 0 Å². The van der Waals surface area contributed by atoms with Crippen LogP contribution in [0.15, 0.2) is 334 Å². The Labute approximate surface area is 801 Å². The molecule has 31 heteroatoms. The molecule has 0 bridgehead atoms. The van der Waals surface area contributed by atoms with E-state index in [0.717, 1.165) is 116 Å². The highest BCUT2D eigenvalue weighted by atomic mass is 32.2. The Hall–Kier alpha value is -13.8. The Morgan fingerprint density at radius 1 is 0.275 bits per heavy atom. The van der Waals surface area contributed by atoms with Gasteiger partial charge in [-0.25, -0.2) is 42.1 Å². The molecule has 5 aliphatic heterocycles. The molecule has 710 valence electrons. The predicted octanol–water partition coefficient (Wildman–Crippen LogP) is 18.9. The highest BCUT2D eigenvalue weighted by Gasteiger charge is 2.47. The Kier molecular flexibility index (Phi) is 28.0. The van der Waals surface area contributed by atoms with E-state index in [4.69, 9.17) is 10.2 Å². The fraction of sp³-hybridized carbons (Fsp3) is 0.187. The van der Waals surface area contributed by atoms with Crippen LogP contribution < -0.4 is 0 Å². The van der Waals surface area contributed by atoms with Crippen LogP contribution in [0.1, 0.15) is 156 Å². The lowest BCUT2D eigenvalue weighted by atomic mass is 9.96. The molecule has 138 heavy (non-hydrogen) atoms. The maximum absolute atomic E-state index is 13.7. The van der Waals surface area contributed by atoms with Crippen molar-refractivity contribution < 1.29 is 97.9 Å². The van der Waals surface area contributed by atoms with E-state index in [9.17, 15) is 87.7 Å². The number of benzene rings is 15. The molecule has 5 atom stereocenters. The van der Waals surface area contributed by atoms with Crippen LogP contribution in [0.2, 0.25) is 0 Å². The van der Waals surface area contributed by atoms with E-state index in [1.165, 1.54) is 100 Å². The van der Waals surface area contributed by atoms with E-state index in [0.29, 0.717) is 18.4 Å². The highest BCUT2D eigenvalue weighted by molar-refractivity contribution is 7.90. The molecular weight excluding hydrogens is 1850 g/mol. The van der Waals surface area contributed by atoms with Gasteiger partial charge in [-0.3, -0.25) is 4.79 Å². The van der Waals surface area contributed by atoms with Crippen LogP contribution in [0.25, 0.3) is 21.5 Å². The first-order valence-electron chi connectivity index (χ1n) is 44.4. The van der Waals surface area contributed by atoms with E-state index in [1.807, 2.05) is 183 Å². The van der Waals surface area contributed by atoms with Gasteiger partial charge in [0.1, 0.15) is 70.5 Å². The summed E-state index contributed by atoms with van der Waals surface area (Å²) in [5.41, 5.74) is 14.8. The summed E-state index contributed by atoms with van der Waals surface area (Å²) < 4.78 is 141. The molecule has 0 aromatic heterocycles. The molecule has 0 spiro atoms. The first-order chi connectivity index (χ1) is 65.8. The zero-order valence-electron chi connectivity index (χ0n) is 75.6. The highest BCUT2D eigenvalue weighted by Crippen LogP contribution is 2.51. The van der Waals surface area contributed by atoms with Crippen LogP contribution >= 0.6 is 0 Å². The van der Waals surface area contributed by atoms with Crippen molar-refractivity contribution in [3.05, 3.63) is 410 Å². The van der Waals surface area contributed by atoms with Gasteiger partial charge < -0.3 is 51.1 Å². The van der Waals surface area contributed by atoms with Crippen molar-refractivity contribution in [3.63, 3.8) is 0 Å². The average molecular weight is 1950 g/mol. The van der Waals surface area contributed by atoms with Crippen molar-refractivity contribution in [2.45, 2.75) is 148 Å². The van der Waals surface area contributed by atoms with Crippen LogP contribution in [0.3, 0.4) is 0 Å². The summed E-state index contributed by atoms with van der Waals surface area (Å²) in [6.45, 7) is 9.89. The number of nitrogens with zero attached hydrogens (tertiary/aromatic N) is 5. The molecule has 10 N–H and O–H groups in total. The van der Waals surface area contributed by atoms with Gasteiger partial charge in [0.05, 0.1) is 30.2 Å². The number of sulfonamides is 5. The number of carboxylic acid groups (broad SMARTS) is 1. The smallest absolute Gasteiger partial charge is 0.303 e. The predicted molar refractivity (Wildman–Crippen MR) is 524 cm³/mol. The van der Waals surface area contributed by atoms with Gasteiger partial charge >= 0.3 is 5.97 Å². The third-order valence-electron chi connectivity index (χ3n) is 25.3. The van der Waals surface area contributed by atoms with Crippen LogP contribution in [0.5, 0.6) is 46.0 Å². The minimum atomic E-state index is -4.06. The van der Waals surface area contributed by atoms with Crippen molar-refractivity contribution in [1.82, 2.24) is 21.5 Å². The van der Waals surface area contributed by atoms with Crippen molar-refractivity contribution >= 4 is 77.6 Å². The lowest BCUT2D eigenvalue weighted by Gasteiger charge is -2.26. The number of phenolic OH excluding ortho intramolecular Hbond substituents is 8. The molecule has 0 aliphatic carbocycles. The van der Waals surface area contributed by atoms with Gasteiger partial charge in [-0.15, -0.1) is 0 Å². The molecule has 0 fully saturated rings. The van der Waals surface area contributed by atoms with Gasteiger partial charge in [0.25, 0.3) is 0 Å². The van der Waals surface area contributed by atoms with E-state index in [-0.39, 0.29) is 129 Å². The number of rotatable bonds is 19. The number of carbonyl (C=O) groups is 1. The lowest BCUT2D eigenvalue weighted by Crippen LogP contribution is -2.30. The van der Waals surface area contributed by atoms with Crippen molar-refractivity contribution in [1.29, 1.82) is 0 Å². The zero-order chi connectivity index (χ0) is 98.2. The van der Waals surface area contributed by atoms with Gasteiger partial charge in [0, 0.05) is 51.8 Å². The summed E-state index contributed by atoms with van der Waals surface area (Å²) in [4.78, 5) is 10.4. The van der Waals surface area contributed by atoms with Crippen LogP contribution in [0, 0.1) is 34.6 Å². The van der Waals surface area contributed by atoms with E-state index >= 15 is 0 Å². The largest absolute Gasteiger partial charge is 0.508 e. The molecule has 0 saturated heterocycles. The van der Waals surface area contributed by atoms with Gasteiger partial charge in [-0.2, -0.15) is 21.5 Å². The Bertz CT molecular complexity index is 7840. The minimum absolute atomic E-state index is 0.0162. The number of hydrogen-bond acceptors (Lipinski definition) is 20. The number of fused-ring (bicyclic) bond motifs is 7. The number of carboxylic acids is 1. The van der Waals surface area contributed by atoms with Crippen molar-refractivity contribution in [2.75, 3.05) is 6.61 Å². The molecule has 5 aliphatic rings. The summed E-state index contributed by atoms with van der Waals surface area (Å²) in [6.07, 6.45) is 1.10. The number of aryl methyl sites for hydroxylation is 5. The van der Waals surface area contributed by atoms with E-state index < -0.39 is 80.3 Å². The molecule has 15 aromatic rings. The zero-order valence-corrected chi connectivity index (χ0v) is 79.7. The third-order valence-corrected chi connectivity index (χ3v) is 34.7. The maximum atomic E-state index is 13.7. The summed E-state index contributed by atoms with van der Waals surface area (Å²) in [5.74, 6) is -2.52. The van der Waals surface area contributed by atoms with Gasteiger partial charge in [-0.1, -0.05) is 206 Å². The fourth-order valence-corrected chi connectivity index (χ4v) is 27.0. The molecule has 5 unspecified atom stereocenters. The number of aliphatic hydroxyl groups excluding tert-OH is 1. The van der Waals surface area contributed by atoms with E-state index in [2.05, 4.69) is 6.07 Å². The fourth-order valence-electron chi connectivity index (χ4n) is 18.8. The van der Waals surface area contributed by atoms with Gasteiger partial charge in [0.2, 0.25) is 50.1 Å². The van der Waals surface area contributed by atoms with Crippen LogP contribution in [-0.2, 0) is 87.6 Å². The number of aromatic hydroxyl groups is 8. The number of aliphatic hydroxyl groups is 1. The summed E-state index contributed by atoms with van der Waals surface area (Å²) >= 11 is 0. The molecule has 0 amide bonds. The first-order valence-corrected chi connectivity index (χ1v) is 51.6. The molecule has 15 aromatic carbocycles. The van der Waals surface area contributed by atoms with Crippen molar-refractivity contribution in [2.24, 2.45) is 0 Å². The Balaban J connectivity index is 0.000000125. The summed E-state index contributed by atoms with van der Waals surface area (Å²) in [5, 5.41) is 103. The first kappa shape index (κ1) is 97.3.